The van der Waals surface area contributed by atoms with Crippen molar-refractivity contribution >= 4 is 29.9 Å². The number of nitrogens with one attached hydrogen (secondary N) is 1. The predicted molar refractivity (Wildman–Crippen MR) is 106 cm³/mol. The van der Waals surface area contributed by atoms with Gasteiger partial charge < -0.3 is 10.1 Å². The molecule has 24 heavy (non-hydrogen) atoms. The molecule has 3 aromatic carbocycles. The van der Waals surface area contributed by atoms with Gasteiger partial charge in [-0.25, -0.2) is 0 Å². The van der Waals surface area contributed by atoms with E-state index in [2.05, 4.69) is 48.0 Å². The molecule has 2 nitrogen and oxygen atoms in total. The van der Waals surface area contributed by atoms with Crippen molar-refractivity contribution in [1.29, 1.82) is 0 Å². The second-order valence-electron chi connectivity index (χ2n) is 5.15. The highest BCUT2D eigenvalue weighted by atomic mass is 35.5. The van der Waals surface area contributed by atoms with Crippen LogP contribution < -0.4 is 10.1 Å². The highest BCUT2D eigenvalue weighted by molar-refractivity contribution is 7.98. The summed E-state index contributed by atoms with van der Waals surface area (Å²) in [4.78, 5) is 1.26. The molecule has 0 spiro atoms. The summed E-state index contributed by atoms with van der Waals surface area (Å²) >= 11 is 1.75. The van der Waals surface area contributed by atoms with Crippen LogP contribution in [-0.2, 0) is 6.54 Å². The molecule has 0 aliphatic heterocycles. The Balaban J connectivity index is 0.00000208. The molecule has 0 aliphatic rings. The average molecular weight is 358 g/mol. The molecule has 0 amide bonds. The Morgan fingerprint density at radius 3 is 2.38 bits per heavy atom. The first kappa shape index (κ1) is 18.2. The molecule has 4 heteroatoms. The maximum absolute atomic E-state index is 5.88. The normalized spacial score (nSPS) is 9.88. The first-order chi connectivity index (χ1) is 11.3. The molecule has 0 radical (unpaired) electrons. The maximum Gasteiger partial charge on any atom is 0.127 e. The van der Waals surface area contributed by atoms with Gasteiger partial charge in [-0.2, -0.15) is 0 Å². The zero-order valence-electron chi connectivity index (χ0n) is 13.4. The van der Waals surface area contributed by atoms with E-state index in [9.17, 15) is 0 Å². The van der Waals surface area contributed by atoms with Crippen molar-refractivity contribution in [3.8, 4) is 11.5 Å². The highest BCUT2D eigenvalue weighted by Crippen LogP contribution is 2.23. The Morgan fingerprint density at radius 2 is 1.58 bits per heavy atom. The molecule has 3 rings (SSSR count). The maximum atomic E-state index is 5.88. The zero-order valence-corrected chi connectivity index (χ0v) is 15.1. The summed E-state index contributed by atoms with van der Waals surface area (Å²) in [5, 5.41) is 3.46. The fourth-order valence-electron chi connectivity index (χ4n) is 2.28. The van der Waals surface area contributed by atoms with Gasteiger partial charge in [0.25, 0.3) is 0 Å². The molecule has 0 fully saturated rings. The number of halogens is 1. The molecular formula is C20H20ClNOS. The van der Waals surface area contributed by atoms with Crippen LogP contribution >= 0.6 is 24.2 Å². The quantitative estimate of drug-likeness (QED) is 0.528. The molecule has 0 unspecified atom stereocenters. The number of para-hydroxylation sites is 1. The van der Waals surface area contributed by atoms with Gasteiger partial charge in [0.2, 0.25) is 0 Å². The SMILES string of the molecule is CSc1cccc(NCc2cccc(Oc3ccccc3)c2)c1.Cl. The van der Waals surface area contributed by atoms with Gasteiger partial charge in [-0.1, -0.05) is 36.4 Å². The number of thioether (sulfide) groups is 1. The topological polar surface area (TPSA) is 21.3 Å². The molecule has 3 aromatic rings. The van der Waals surface area contributed by atoms with Crippen LogP contribution in [0.25, 0.3) is 0 Å². The summed E-state index contributed by atoms with van der Waals surface area (Å²) in [5.41, 5.74) is 2.32. The minimum atomic E-state index is 0. The zero-order chi connectivity index (χ0) is 15.9. The Bertz CT molecular complexity index is 764. The number of hydrogen-bond donors (Lipinski definition) is 1. The molecule has 1 N–H and O–H groups in total. The molecule has 0 atom stereocenters. The molecule has 0 aromatic heterocycles. The van der Waals surface area contributed by atoms with Crippen molar-refractivity contribution < 1.29 is 4.74 Å². The minimum Gasteiger partial charge on any atom is -0.457 e. The van der Waals surface area contributed by atoms with Crippen LogP contribution in [0.3, 0.4) is 0 Å². The average Bonchev–Trinajstić information content (AvgIpc) is 2.61. The van der Waals surface area contributed by atoms with Gasteiger partial charge in [0, 0.05) is 17.1 Å². The number of anilines is 1. The molecule has 0 bridgehead atoms. The third kappa shape index (κ3) is 5.22. The van der Waals surface area contributed by atoms with Crippen LogP contribution in [0.15, 0.2) is 83.8 Å². The monoisotopic (exact) mass is 357 g/mol. The molecular weight excluding hydrogens is 338 g/mol. The van der Waals surface area contributed by atoms with Gasteiger partial charge in [-0.3, -0.25) is 0 Å². The second-order valence-corrected chi connectivity index (χ2v) is 6.03. The lowest BCUT2D eigenvalue weighted by atomic mass is 10.2. The van der Waals surface area contributed by atoms with Crippen molar-refractivity contribution in [3.05, 3.63) is 84.4 Å². The van der Waals surface area contributed by atoms with E-state index in [4.69, 9.17) is 4.74 Å². The summed E-state index contributed by atoms with van der Waals surface area (Å²) in [5.74, 6) is 1.71. The first-order valence-electron chi connectivity index (χ1n) is 7.53. The Morgan fingerprint density at radius 1 is 0.833 bits per heavy atom. The number of benzene rings is 3. The van der Waals surface area contributed by atoms with E-state index >= 15 is 0 Å². The molecule has 0 aliphatic carbocycles. The van der Waals surface area contributed by atoms with Crippen molar-refractivity contribution in [3.63, 3.8) is 0 Å². The summed E-state index contributed by atoms with van der Waals surface area (Å²) < 4.78 is 5.88. The van der Waals surface area contributed by atoms with Crippen molar-refractivity contribution in [2.24, 2.45) is 0 Å². The molecule has 0 saturated heterocycles. The van der Waals surface area contributed by atoms with Crippen molar-refractivity contribution in [2.45, 2.75) is 11.4 Å². The van der Waals surface area contributed by atoms with Crippen LogP contribution in [0.4, 0.5) is 5.69 Å². The van der Waals surface area contributed by atoms with E-state index in [-0.39, 0.29) is 12.4 Å². The summed E-state index contributed by atoms with van der Waals surface area (Å²) in [6.45, 7) is 0.768. The fourth-order valence-corrected chi connectivity index (χ4v) is 2.74. The summed E-state index contributed by atoms with van der Waals surface area (Å²) in [6, 6.07) is 26.4. The third-order valence-corrected chi connectivity index (χ3v) is 4.17. The van der Waals surface area contributed by atoms with E-state index in [1.54, 1.807) is 11.8 Å². The lowest BCUT2D eigenvalue weighted by Crippen LogP contribution is -1.99. The van der Waals surface area contributed by atoms with Crippen LogP contribution in [-0.4, -0.2) is 6.26 Å². The van der Waals surface area contributed by atoms with Gasteiger partial charge in [-0.05, 0) is 54.3 Å². The number of hydrogen-bond acceptors (Lipinski definition) is 3. The minimum absolute atomic E-state index is 0. The largest absolute Gasteiger partial charge is 0.457 e. The Labute approximate surface area is 153 Å². The van der Waals surface area contributed by atoms with Gasteiger partial charge in [0.05, 0.1) is 0 Å². The standard InChI is InChI=1S/C20H19NOS.ClH/c1-23-20-12-6-8-17(14-20)21-15-16-7-5-11-19(13-16)22-18-9-3-2-4-10-18;/h2-14,21H,15H2,1H3;1H. The van der Waals surface area contributed by atoms with E-state index in [0.29, 0.717) is 0 Å². The van der Waals surface area contributed by atoms with E-state index in [0.717, 1.165) is 23.7 Å². The van der Waals surface area contributed by atoms with Crippen LogP contribution in [0.1, 0.15) is 5.56 Å². The van der Waals surface area contributed by atoms with Crippen molar-refractivity contribution in [1.82, 2.24) is 0 Å². The molecule has 0 saturated carbocycles. The van der Waals surface area contributed by atoms with Gasteiger partial charge >= 0.3 is 0 Å². The van der Waals surface area contributed by atoms with Gasteiger partial charge in [0.1, 0.15) is 11.5 Å². The van der Waals surface area contributed by atoms with Crippen molar-refractivity contribution in [2.75, 3.05) is 11.6 Å². The lowest BCUT2D eigenvalue weighted by Gasteiger charge is -2.10. The molecule has 124 valence electrons. The first-order valence-corrected chi connectivity index (χ1v) is 8.76. The second kappa shape index (κ2) is 9.26. The van der Waals surface area contributed by atoms with E-state index in [1.165, 1.54) is 10.5 Å². The summed E-state index contributed by atoms with van der Waals surface area (Å²) in [7, 11) is 0. The van der Waals surface area contributed by atoms with Gasteiger partial charge in [0.15, 0.2) is 0 Å². The lowest BCUT2D eigenvalue weighted by molar-refractivity contribution is 0.482. The van der Waals surface area contributed by atoms with Crippen LogP contribution in [0.5, 0.6) is 11.5 Å². The van der Waals surface area contributed by atoms with Crippen LogP contribution in [0, 0.1) is 0 Å². The highest BCUT2D eigenvalue weighted by Gasteiger charge is 2.00. The Kier molecular flexibility index (Phi) is 7.04. The fraction of sp³-hybridized carbons (Fsp3) is 0.100. The van der Waals surface area contributed by atoms with Gasteiger partial charge in [-0.15, -0.1) is 24.2 Å². The Hall–Kier alpha value is -2.10. The molecule has 0 heterocycles. The van der Waals surface area contributed by atoms with Crippen LogP contribution in [0.2, 0.25) is 0 Å². The third-order valence-electron chi connectivity index (χ3n) is 3.44. The van der Waals surface area contributed by atoms with E-state index in [1.807, 2.05) is 42.5 Å². The smallest absolute Gasteiger partial charge is 0.127 e. The van der Waals surface area contributed by atoms with E-state index < -0.39 is 0 Å². The predicted octanol–water partition coefficient (Wildman–Crippen LogP) is 6.23. The number of rotatable bonds is 6. The summed E-state index contributed by atoms with van der Waals surface area (Å²) in [6.07, 6.45) is 2.09. The number of ether oxygens (including phenoxy) is 1.